The zero-order valence-electron chi connectivity index (χ0n) is 13.8. The van der Waals surface area contributed by atoms with Crippen molar-refractivity contribution in [3.63, 3.8) is 0 Å². The molecule has 0 spiro atoms. The largest absolute Gasteiger partial charge is 0.358 e. The van der Waals surface area contributed by atoms with Gasteiger partial charge in [0.1, 0.15) is 0 Å². The first-order chi connectivity index (χ1) is 6.41. The first-order valence-corrected chi connectivity index (χ1v) is 6.90. The van der Waals surface area contributed by atoms with Crippen LogP contribution in [0.1, 0.15) is 12.8 Å². The van der Waals surface area contributed by atoms with Crippen LogP contribution in [-0.2, 0) is 26.2 Å². The second-order valence-corrected chi connectivity index (χ2v) is 3.74. The van der Waals surface area contributed by atoms with E-state index < -0.39 is 0 Å². The van der Waals surface area contributed by atoms with E-state index in [4.69, 9.17) is 0 Å². The van der Waals surface area contributed by atoms with Crippen LogP contribution >= 0.6 is 24.8 Å². The standard InChI is InChI=1S/2C5H5.C2H7Si.4CH3.2ClH.Zr/c2*1-2-4-5-3-1;1-3-2;;;;;;;/h2*1-3H,4H2;3H,1-2H3;4*1H3;2*1H;/q2*-1;;4*-1;;;. The van der Waals surface area contributed by atoms with Gasteiger partial charge in [0.2, 0.25) is 0 Å². The van der Waals surface area contributed by atoms with Crippen molar-refractivity contribution in [2.45, 2.75) is 25.9 Å². The second-order valence-electron chi connectivity index (χ2n) is 2.58. The van der Waals surface area contributed by atoms with Crippen molar-refractivity contribution in [2.24, 2.45) is 0 Å². The predicted octanol–water partition coefficient (Wildman–Crippen LogP) is 5.77. The van der Waals surface area contributed by atoms with Gasteiger partial charge in [-0.2, -0.15) is 12.2 Å². The van der Waals surface area contributed by atoms with Gasteiger partial charge in [-0.05, 0) is 0 Å². The first-order valence-electron chi connectivity index (χ1n) is 4.59. The molecule has 0 N–H and O–H groups in total. The quantitative estimate of drug-likeness (QED) is 0.349. The Morgan fingerprint density at radius 1 is 0.750 bits per heavy atom. The van der Waals surface area contributed by atoms with Gasteiger partial charge in [-0.1, -0.05) is 13.1 Å². The summed E-state index contributed by atoms with van der Waals surface area (Å²) >= 11 is 0. The molecule has 0 aromatic carbocycles. The molecule has 4 heteroatoms. The molecule has 0 aromatic rings. The predicted molar refractivity (Wildman–Crippen MR) is 102 cm³/mol. The fraction of sp³-hybridized carbons (Fsp3) is 0.250. The molecule has 2 aliphatic carbocycles. The van der Waals surface area contributed by atoms with Crippen LogP contribution in [0, 0.1) is 41.9 Å². The van der Waals surface area contributed by atoms with E-state index in [2.05, 4.69) is 37.4 Å². The van der Waals surface area contributed by atoms with Gasteiger partial charge in [-0.25, -0.2) is 24.3 Å². The van der Waals surface area contributed by atoms with Gasteiger partial charge < -0.3 is 29.7 Å². The maximum atomic E-state index is 2.99. The smallest absolute Gasteiger partial charge is 0.0213 e. The molecule has 0 unspecified atom stereocenters. The molecular weight excluding hydrogens is 382 g/mol. The van der Waals surface area contributed by atoms with Crippen LogP contribution < -0.4 is 0 Å². The molecule has 123 valence electrons. The van der Waals surface area contributed by atoms with Crippen LogP contribution in [0.5, 0.6) is 0 Å². The molecule has 0 heterocycles. The van der Waals surface area contributed by atoms with Crippen LogP contribution in [0.2, 0.25) is 13.1 Å². The Kier molecular flexibility index (Phi) is 125. The maximum Gasteiger partial charge on any atom is 0.0213 e. The van der Waals surface area contributed by atoms with E-state index in [1.807, 2.05) is 24.3 Å². The summed E-state index contributed by atoms with van der Waals surface area (Å²) < 4.78 is 0. The monoisotopic (exact) mass is 411 g/mol. The van der Waals surface area contributed by atoms with Crippen LogP contribution in [-0.4, -0.2) is 9.52 Å². The topological polar surface area (TPSA) is 0 Å². The molecule has 0 saturated carbocycles. The van der Waals surface area contributed by atoms with Gasteiger partial charge >= 0.3 is 0 Å². The number of hydrogen-bond acceptors (Lipinski definition) is 0. The van der Waals surface area contributed by atoms with E-state index in [1.165, 1.54) is 0 Å². The van der Waals surface area contributed by atoms with Crippen molar-refractivity contribution in [3.8, 4) is 0 Å². The van der Waals surface area contributed by atoms with E-state index in [0.29, 0.717) is 0 Å². The fourth-order valence-electron chi connectivity index (χ4n) is 0.680. The minimum Gasteiger partial charge on any atom is -0.358 e. The minimum atomic E-state index is 0. The van der Waals surface area contributed by atoms with E-state index in [-0.39, 0.29) is 80.7 Å². The summed E-state index contributed by atoms with van der Waals surface area (Å²) in [7, 11) is 0.750. The van der Waals surface area contributed by atoms with Crippen molar-refractivity contribution in [3.05, 3.63) is 78.3 Å². The molecule has 0 fully saturated rings. The zero-order chi connectivity index (χ0) is 9.78. The molecule has 2 aliphatic rings. The Morgan fingerprint density at radius 3 is 1.05 bits per heavy atom. The van der Waals surface area contributed by atoms with Gasteiger partial charge in [0.05, 0.1) is 0 Å². The average molecular weight is 414 g/mol. The zero-order valence-corrected chi connectivity index (χ0v) is 19.0. The van der Waals surface area contributed by atoms with Crippen LogP contribution in [0.4, 0.5) is 0 Å². The van der Waals surface area contributed by atoms with Crippen molar-refractivity contribution in [1.29, 1.82) is 0 Å². The Balaban J connectivity index is -0.0000000157. The molecule has 2 rings (SSSR count). The molecule has 0 aromatic heterocycles. The summed E-state index contributed by atoms with van der Waals surface area (Å²) in [6.07, 6.45) is 20.0. The van der Waals surface area contributed by atoms with Crippen LogP contribution in [0.15, 0.2) is 36.5 Å². The van der Waals surface area contributed by atoms with Gasteiger partial charge in [-0.15, -0.1) is 37.7 Å². The molecule has 0 bridgehead atoms. The van der Waals surface area contributed by atoms with Crippen molar-refractivity contribution >= 4 is 34.3 Å². The Bertz CT molecular complexity index is 171. The molecule has 0 atom stereocenters. The van der Waals surface area contributed by atoms with E-state index in [1.54, 1.807) is 0 Å². The van der Waals surface area contributed by atoms with E-state index >= 15 is 0 Å². The Morgan fingerprint density at radius 2 is 1.00 bits per heavy atom. The molecule has 0 amide bonds. The summed E-state index contributed by atoms with van der Waals surface area (Å²) in [5, 5.41) is 0. The summed E-state index contributed by atoms with van der Waals surface area (Å²) in [6, 6.07) is 0. The molecular formula is C16H31Cl2SiZr-6. The minimum absolute atomic E-state index is 0. The number of hydrogen-bond donors (Lipinski definition) is 0. The third-order valence-corrected chi connectivity index (χ3v) is 1.17. The summed E-state index contributed by atoms with van der Waals surface area (Å²) in [5.41, 5.74) is 0. The number of allylic oxidation sites excluding steroid dienone is 8. The average Bonchev–Trinajstić information content (AvgIpc) is 2.85. The molecule has 0 saturated heterocycles. The third-order valence-electron chi connectivity index (χ3n) is 1.17. The van der Waals surface area contributed by atoms with E-state index in [0.717, 1.165) is 22.4 Å². The van der Waals surface area contributed by atoms with Gasteiger partial charge in [0, 0.05) is 35.7 Å². The van der Waals surface area contributed by atoms with Gasteiger partial charge in [0.15, 0.2) is 0 Å². The molecule has 20 heavy (non-hydrogen) atoms. The summed E-state index contributed by atoms with van der Waals surface area (Å²) in [4.78, 5) is 0. The fourth-order valence-corrected chi connectivity index (χ4v) is 0.680. The van der Waals surface area contributed by atoms with Gasteiger partial charge in [0.25, 0.3) is 0 Å². The Hall–Kier alpha value is 0.640. The first kappa shape index (κ1) is 49.8. The van der Waals surface area contributed by atoms with Crippen LogP contribution in [0.3, 0.4) is 0 Å². The number of rotatable bonds is 0. The van der Waals surface area contributed by atoms with Gasteiger partial charge in [-0.3, -0.25) is 12.2 Å². The van der Waals surface area contributed by atoms with E-state index in [9.17, 15) is 0 Å². The Labute approximate surface area is 164 Å². The molecule has 0 aliphatic heterocycles. The SMILES string of the molecule is C[SiH]C.Cl.Cl.[C-]1=CC=CC1.[C-]1=CC=CC1.[CH3-].[CH3-].[CH3-].[CH3-].[Zr]. The van der Waals surface area contributed by atoms with Crippen molar-refractivity contribution in [2.75, 3.05) is 0 Å². The van der Waals surface area contributed by atoms with Crippen molar-refractivity contribution in [1.82, 2.24) is 0 Å². The molecule has 0 nitrogen and oxygen atoms in total. The third kappa shape index (κ3) is 51.2. The second kappa shape index (κ2) is 50.4. The summed E-state index contributed by atoms with van der Waals surface area (Å²) in [5.74, 6) is 0. The summed E-state index contributed by atoms with van der Waals surface area (Å²) in [6.45, 7) is 4.42. The van der Waals surface area contributed by atoms with Crippen molar-refractivity contribution < 1.29 is 26.2 Å². The number of halogens is 2. The molecule has 1 radical (unpaired) electrons. The van der Waals surface area contributed by atoms with Crippen LogP contribution in [0.25, 0.3) is 0 Å². The maximum absolute atomic E-state index is 2.99. The normalized spacial score (nSPS) is 9.70.